The average molecular weight is 254 g/mol. The maximum absolute atomic E-state index is 10.5. The van der Waals surface area contributed by atoms with Crippen LogP contribution in [0.5, 0.6) is 0 Å². The molecule has 4 heteroatoms. The molecule has 3 nitrogen and oxygen atoms in total. The van der Waals surface area contributed by atoms with Crippen LogP contribution in [0.1, 0.15) is 10.4 Å². The molecule has 0 aliphatic heterocycles. The molecule has 0 amide bonds. The van der Waals surface area contributed by atoms with Crippen LogP contribution in [0.2, 0.25) is 0 Å². The number of aldehydes is 1. The first kappa shape index (κ1) is 11.0. The number of benzene rings is 1. The Bertz CT molecular complexity index is 655. The van der Waals surface area contributed by atoms with Gasteiger partial charge in [-0.05, 0) is 24.3 Å². The minimum absolute atomic E-state index is 0.594. The second kappa shape index (κ2) is 4.66. The third-order valence-electron chi connectivity index (χ3n) is 2.62. The monoisotopic (exact) mass is 254 g/mol. The molecule has 0 radical (unpaired) electrons. The number of pyridine rings is 1. The first-order valence-electron chi connectivity index (χ1n) is 5.52. The van der Waals surface area contributed by atoms with Crippen molar-refractivity contribution < 1.29 is 4.79 Å². The second-order valence-electron chi connectivity index (χ2n) is 3.87. The first-order chi connectivity index (χ1) is 8.85. The highest BCUT2D eigenvalue weighted by molar-refractivity contribution is 7.99. The summed E-state index contributed by atoms with van der Waals surface area (Å²) in [5.74, 6) is 0. The van der Waals surface area contributed by atoms with E-state index in [1.54, 1.807) is 24.0 Å². The molecule has 88 valence electrons. The fourth-order valence-electron chi connectivity index (χ4n) is 1.74. The van der Waals surface area contributed by atoms with Crippen LogP contribution in [0, 0.1) is 0 Å². The number of para-hydroxylation sites is 1. The predicted molar refractivity (Wildman–Crippen MR) is 72.0 cm³/mol. The molecule has 0 aliphatic carbocycles. The molecule has 3 aromatic rings. The van der Waals surface area contributed by atoms with Crippen LogP contribution in [0.3, 0.4) is 0 Å². The zero-order valence-electron chi connectivity index (χ0n) is 9.46. The summed E-state index contributed by atoms with van der Waals surface area (Å²) in [5, 5.41) is 3.10. The van der Waals surface area contributed by atoms with E-state index in [9.17, 15) is 4.79 Å². The van der Waals surface area contributed by atoms with Crippen molar-refractivity contribution in [3.8, 4) is 0 Å². The lowest BCUT2D eigenvalue weighted by atomic mass is 10.3. The van der Waals surface area contributed by atoms with Crippen LogP contribution in [0.15, 0.2) is 58.7 Å². The number of rotatable bonds is 3. The van der Waals surface area contributed by atoms with Crippen molar-refractivity contribution in [1.29, 1.82) is 0 Å². The molecule has 1 N–H and O–H groups in total. The van der Waals surface area contributed by atoms with E-state index < -0.39 is 0 Å². The van der Waals surface area contributed by atoms with Gasteiger partial charge in [0.1, 0.15) is 5.03 Å². The molecule has 3 rings (SSSR count). The summed E-state index contributed by atoms with van der Waals surface area (Å²) in [7, 11) is 0. The number of nitrogens with zero attached hydrogens (tertiary/aromatic N) is 1. The van der Waals surface area contributed by atoms with Gasteiger partial charge in [0.25, 0.3) is 0 Å². The zero-order chi connectivity index (χ0) is 12.4. The molecule has 0 saturated heterocycles. The Morgan fingerprint density at radius 1 is 1.17 bits per heavy atom. The number of fused-ring (bicyclic) bond motifs is 1. The number of H-pyrrole nitrogens is 1. The molecule has 0 saturated carbocycles. The maximum Gasteiger partial charge on any atom is 0.151 e. The Kier molecular flexibility index (Phi) is 2.86. The third-order valence-corrected chi connectivity index (χ3v) is 3.51. The van der Waals surface area contributed by atoms with E-state index in [4.69, 9.17) is 0 Å². The van der Waals surface area contributed by atoms with Gasteiger partial charge in [0.2, 0.25) is 0 Å². The van der Waals surface area contributed by atoms with E-state index in [1.807, 2.05) is 24.3 Å². The van der Waals surface area contributed by atoms with Crippen LogP contribution in [0.25, 0.3) is 10.9 Å². The van der Waals surface area contributed by atoms with Crippen molar-refractivity contribution in [2.45, 2.75) is 10.1 Å². The van der Waals surface area contributed by atoms with Crippen molar-refractivity contribution in [2.75, 3.05) is 0 Å². The summed E-state index contributed by atoms with van der Waals surface area (Å²) in [6.45, 7) is 0. The summed E-state index contributed by atoms with van der Waals surface area (Å²) < 4.78 is 0. The Morgan fingerprint density at radius 2 is 2.06 bits per heavy atom. The molecule has 2 aromatic heterocycles. The molecule has 0 aliphatic rings. The van der Waals surface area contributed by atoms with E-state index >= 15 is 0 Å². The van der Waals surface area contributed by atoms with Gasteiger partial charge in [-0.3, -0.25) is 4.79 Å². The van der Waals surface area contributed by atoms with E-state index in [1.165, 1.54) is 5.39 Å². The van der Waals surface area contributed by atoms with Gasteiger partial charge in [-0.15, -0.1) is 0 Å². The van der Waals surface area contributed by atoms with Gasteiger partial charge in [0.05, 0.1) is 5.03 Å². The molecule has 2 heterocycles. The van der Waals surface area contributed by atoms with Crippen LogP contribution >= 0.6 is 11.8 Å². The van der Waals surface area contributed by atoms with Crippen molar-refractivity contribution in [2.24, 2.45) is 0 Å². The van der Waals surface area contributed by atoms with E-state index in [2.05, 4.69) is 22.1 Å². The molecule has 0 bridgehead atoms. The van der Waals surface area contributed by atoms with Gasteiger partial charge in [0, 0.05) is 22.7 Å². The molecular formula is C14H10N2OS. The average Bonchev–Trinajstić information content (AvgIpc) is 2.82. The SMILES string of the molecule is O=Cc1ccc(Sc2cc3ccccc3[nH]2)nc1. The van der Waals surface area contributed by atoms with Gasteiger partial charge < -0.3 is 4.98 Å². The lowest BCUT2D eigenvalue weighted by molar-refractivity contribution is 0.112. The van der Waals surface area contributed by atoms with Crippen LogP contribution in [-0.4, -0.2) is 16.3 Å². The number of aromatic nitrogens is 2. The largest absolute Gasteiger partial charge is 0.349 e. The highest BCUT2D eigenvalue weighted by Gasteiger charge is 2.03. The van der Waals surface area contributed by atoms with E-state index in [-0.39, 0.29) is 0 Å². The van der Waals surface area contributed by atoms with E-state index in [0.29, 0.717) is 5.56 Å². The maximum atomic E-state index is 10.5. The molecule has 18 heavy (non-hydrogen) atoms. The minimum Gasteiger partial charge on any atom is -0.349 e. The molecule has 1 aromatic carbocycles. The lowest BCUT2D eigenvalue weighted by Crippen LogP contribution is -1.83. The van der Waals surface area contributed by atoms with Crippen LogP contribution in [-0.2, 0) is 0 Å². The Hall–Kier alpha value is -2.07. The smallest absolute Gasteiger partial charge is 0.151 e. The Morgan fingerprint density at radius 3 is 2.78 bits per heavy atom. The molecule has 0 fully saturated rings. The van der Waals surface area contributed by atoms with Gasteiger partial charge in [-0.25, -0.2) is 4.98 Å². The number of aromatic amines is 1. The summed E-state index contributed by atoms with van der Waals surface area (Å²) in [6, 6.07) is 13.8. The second-order valence-corrected chi connectivity index (χ2v) is 4.93. The number of carbonyl (C=O) groups excluding carboxylic acids is 1. The fraction of sp³-hybridized carbons (Fsp3) is 0. The standard InChI is InChI=1S/C14H10N2OS/c17-9-10-5-6-13(15-8-10)18-14-7-11-3-1-2-4-12(11)16-14/h1-9,16H. The molecule has 0 atom stereocenters. The summed E-state index contributed by atoms with van der Waals surface area (Å²) in [6.07, 6.45) is 2.38. The van der Waals surface area contributed by atoms with Gasteiger partial charge in [0.15, 0.2) is 6.29 Å². The lowest BCUT2D eigenvalue weighted by Gasteiger charge is -1.97. The number of carbonyl (C=O) groups is 1. The number of nitrogens with one attached hydrogen (secondary N) is 1. The summed E-state index contributed by atoms with van der Waals surface area (Å²) in [5.41, 5.74) is 1.71. The first-order valence-corrected chi connectivity index (χ1v) is 6.33. The van der Waals surface area contributed by atoms with Crippen molar-refractivity contribution in [1.82, 2.24) is 9.97 Å². The van der Waals surface area contributed by atoms with Crippen molar-refractivity contribution in [3.05, 3.63) is 54.2 Å². The minimum atomic E-state index is 0.594. The predicted octanol–water partition coefficient (Wildman–Crippen LogP) is 3.53. The van der Waals surface area contributed by atoms with Crippen LogP contribution in [0.4, 0.5) is 0 Å². The molecular weight excluding hydrogens is 244 g/mol. The van der Waals surface area contributed by atoms with Crippen molar-refractivity contribution in [3.63, 3.8) is 0 Å². The van der Waals surface area contributed by atoms with Crippen LogP contribution < -0.4 is 0 Å². The fourth-order valence-corrected chi connectivity index (χ4v) is 2.55. The number of hydrogen-bond acceptors (Lipinski definition) is 3. The van der Waals surface area contributed by atoms with E-state index in [0.717, 1.165) is 21.9 Å². The van der Waals surface area contributed by atoms with Gasteiger partial charge in [-0.1, -0.05) is 30.0 Å². The van der Waals surface area contributed by atoms with Gasteiger partial charge in [-0.2, -0.15) is 0 Å². The Labute approximate surface area is 108 Å². The van der Waals surface area contributed by atoms with Gasteiger partial charge >= 0.3 is 0 Å². The highest BCUT2D eigenvalue weighted by atomic mass is 32.2. The summed E-state index contributed by atoms with van der Waals surface area (Å²) >= 11 is 1.55. The Balaban J connectivity index is 1.88. The number of hydrogen-bond donors (Lipinski definition) is 1. The molecule has 0 spiro atoms. The molecule has 0 unspecified atom stereocenters. The third kappa shape index (κ3) is 2.15. The zero-order valence-corrected chi connectivity index (χ0v) is 10.3. The highest BCUT2D eigenvalue weighted by Crippen LogP contribution is 2.28. The quantitative estimate of drug-likeness (QED) is 0.727. The van der Waals surface area contributed by atoms with Crippen molar-refractivity contribution >= 4 is 29.0 Å². The normalized spacial score (nSPS) is 10.7. The summed E-state index contributed by atoms with van der Waals surface area (Å²) in [4.78, 5) is 18.1. The topological polar surface area (TPSA) is 45.8 Å².